The van der Waals surface area contributed by atoms with Crippen molar-refractivity contribution in [2.24, 2.45) is 0 Å². The van der Waals surface area contributed by atoms with Crippen molar-refractivity contribution in [3.8, 4) is 22.1 Å². The number of hydrogen-bond donors (Lipinski definition) is 2. The lowest BCUT2D eigenvalue weighted by atomic mass is 9.83. The second-order valence-electron chi connectivity index (χ2n) is 16.5. The van der Waals surface area contributed by atoms with Gasteiger partial charge in [-0.05, 0) is 88.1 Å². The van der Waals surface area contributed by atoms with Crippen LogP contribution in [0.4, 0.5) is 4.79 Å². The third-order valence-corrected chi connectivity index (χ3v) is 19.2. The van der Waals surface area contributed by atoms with Gasteiger partial charge in [0.1, 0.15) is 33.8 Å². The molecule has 10 nitrogen and oxygen atoms in total. The van der Waals surface area contributed by atoms with E-state index in [1.807, 2.05) is 23.6 Å². The Hall–Kier alpha value is -3.17. The highest BCUT2D eigenvalue weighted by Crippen LogP contribution is 2.46. The minimum Gasteiger partial charge on any atom is -0.541 e. The van der Waals surface area contributed by atoms with Crippen molar-refractivity contribution >= 4 is 51.5 Å². The van der Waals surface area contributed by atoms with Gasteiger partial charge in [0.05, 0.1) is 11.7 Å². The van der Waals surface area contributed by atoms with Crippen LogP contribution in [0.1, 0.15) is 80.8 Å². The van der Waals surface area contributed by atoms with Gasteiger partial charge in [-0.3, -0.25) is 9.69 Å². The van der Waals surface area contributed by atoms with Crippen LogP contribution < -0.4 is 14.2 Å². The second kappa shape index (κ2) is 12.4. The average molecular weight is 702 g/mol. The van der Waals surface area contributed by atoms with E-state index in [9.17, 15) is 19.5 Å². The molecule has 1 aromatic carbocycles. The van der Waals surface area contributed by atoms with E-state index in [2.05, 4.69) is 73.0 Å². The number of carboxylic acid groups (broad SMARTS) is 1. The highest BCUT2D eigenvalue weighted by molar-refractivity contribution is 7.13. The first-order chi connectivity index (χ1) is 21.3. The number of amides is 2. The van der Waals surface area contributed by atoms with Gasteiger partial charge in [-0.25, -0.2) is 14.6 Å². The van der Waals surface area contributed by atoms with Crippen molar-refractivity contribution in [2.75, 3.05) is 0 Å². The van der Waals surface area contributed by atoms with Gasteiger partial charge < -0.3 is 24.0 Å². The number of thiazole rings is 1. The Balaban J connectivity index is 1.67. The van der Waals surface area contributed by atoms with Crippen LogP contribution in [-0.2, 0) is 14.3 Å². The van der Waals surface area contributed by atoms with Gasteiger partial charge in [0.2, 0.25) is 0 Å². The van der Waals surface area contributed by atoms with E-state index >= 15 is 0 Å². The normalized spacial score (nSPS) is 19.2. The molecule has 0 radical (unpaired) electrons. The molecule has 47 heavy (non-hydrogen) atoms. The molecule has 0 bridgehead atoms. The quantitative estimate of drug-likeness (QED) is 0.208. The van der Waals surface area contributed by atoms with Crippen LogP contribution in [0.15, 0.2) is 29.3 Å². The molecule has 3 heterocycles. The Kier molecular flexibility index (Phi) is 9.65. The molecular weight excluding hydrogens is 651 g/mol. The molecule has 0 aliphatic carbocycles. The topological polar surface area (TPSA) is 127 Å². The number of β-lactam (4-membered cyclic amide) rings is 1. The van der Waals surface area contributed by atoms with E-state index < -0.39 is 52.3 Å². The first-order valence-corrected chi connectivity index (χ1v) is 22.8. The molecule has 2 N–H and O–H groups in total. The molecule has 0 unspecified atom stereocenters. The zero-order valence-corrected chi connectivity index (χ0v) is 32.9. The molecule has 258 valence electrons. The summed E-state index contributed by atoms with van der Waals surface area (Å²) in [6.07, 6.45) is 0.170. The minimum absolute atomic E-state index is 0.00234. The van der Waals surface area contributed by atoms with Crippen LogP contribution in [0, 0.1) is 0 Å². The highest BCUT2D eigenvalue weighted by Gasteiger charge is 2.54. The Morgan fingerprint density at radius 2 is 1.53 bits per heavy atom. The number of rotatable bonds is 8. The molecule has 2 aliphatic rings. The zero-order valence-electron chi connectivity index (χ0n) is 30.1. The zero-order chi connectivity index (χ0) is 35.5. The fourth-order valence-corrected chi connectivity index (χ4v) is 7.83. The molecule has 1 saturated heterocycles. The van der Waals surface area contributed by atoms with Crippen LogP contribution in [-0.4, -0.2) is 67.3 Å². The van der Waals surface area contributed by atoms with Gasteiger partial charge in [-0.15, -0.1) is 11.3 Å². The van der Waals surface area contributed by atoms with Crippen LogP contribution in [0.5, 0.6) is 11.5 Å². The number of alkyl carbamates (subject to hydrolysis) is 1. The monoisotopic (exact) mass is 701 g/mol. The molecule has 0 spiro atoms. The standard InChI is InChI=1S/C34H51N3O7SSi2/c1-32(2,3)42-31(41)36-26-23-16-15-21(27(30(39)40)37(23)29(26)38)22-19-45-28(35-22)20-14-17-24(43-46(10,11)33(4,5)6)25(18-20)44-47(12,13)34(7,8)9/h14,17-19,23,26H,15-16H2,1-13H3,(H,36,41)(H,39,40)/t23-,26+/m1/s1. The fraction of sp³-hybridized carbons (Fsp3) is 0.588. The number of fused-ring (bicyclic) bond motifs is 1. The number of allylic oxidation sites excluding steroid dienone is 1. The summed E-state index contributed by atoms with van der Waals surface area (Å²) in [7, 11) is -4.40. The molecule has 2 aliphatic heterocycles. The summed E-state index contributed by atoms with van der Waals surface area (Å²) >= 11 is 1.41. The van der Waals surface area contributed by atoms with Crippen LogP contribution in [0.2, 0.25) is 36.3 Å². The second-order valence-corrected chi connectivity index (χ2v) is 26.8. The number of carbonyl (C=O) groups excluding carboxylic acids is 2. The molecular formula is C34H51N3O7SSi2. The number of aliphatic carboxylic acids is 1. The molecule has 2 aromatic rings. The molecule has 1 aromatic heterocycles. The summed E-state index contributed by atoms with van der Waals surface area (Å²) in [5, 5.41) is 15.4. The van der Waals surface area contributed by atoms with Gasteiger partial charge in [-0.2, -0.15) is 0 Å². The predicted molar refractivity (Wildman–Crippen MR) is 191 cm³/mol. The smallest absolute Gasteiger partial charge is 0.408 e. The SMILES string of the molecule is CC(C)(C)OC(=O)N[C@@H]1C(=O)N2C(C(=O)O)=C(c3csc(-c4ccc(O[Si](C)(C)C(C)(C)C)c(O[Si](C)(C)C(C)(C)C)c4)n3)CC[C@H]12. The Morgan fingerprint density at radius 1 is 0.957 bits per heavy atom. The molecule has 2 atom stereocenters. The summed E-state index contributed by atoms with van der Waals surface area (Å²) in [4.78, 5) is 44.2. The first kappa shape index (κ1) is 36.7. The van der Waals surface area contributed by atoms with E-state index in [4.69, 9.17) is 18.6 Å². The first-order valence-electron chi connectivity index (χ1n) is 16.1. The van der Waals surface area contributed by atoms with Crippen molar-refractivity contribution in [3.05, 3.63) is 35.0 Å². The average Bonchev–Trinajstić information content (AvgIpc) is 3.39. The summed E-state index contributed by atoms with van der Waals surface area (Å²) in [5.41, 5.74) is 1.04. The third-order valence-electron chi connectivity index (χ3n) is 9.66. The maximum absolute atomic E-state index is 13.2. The summed E-state index contributed by atoms with van der Waals surface area (Å²) in [5.74, 6) is -0.269. The van der Waals surface area contributed by atoms with E-state index in [0.717, 1.165) is 11.3 Å². The Morgan fingerprint density at radius 3 is 2.06 bits per heavy atom. The van der Waals surface area contributed by atoms with Crippen LogP contribution in [0.3, 0.4) is 0 Å². The Bertz CT molecular complexity index is 1600. The van der Waals surface area contributed by atoms with Crippen LogP contribution in [0.25, 0.3) is 16.1 Å². The number of aromatic nitrogens is 1. The van der Waals surface area contributed by atoms with Gasteiger partial charge in [0.15, 0.2) is 0 Å². The van der Waals surface area contributed by atoms with E-state index in [1.165, 1.54) is 16.2 Å². The van der Waals surface area contributed by atoms with Gasteiger partial charge in [0, 0.05) is 16.5 Å². The van der Waals surface area contributed by atoms with Gasteiger partial charge in [0.25, 0.3) is 22.5 Å². The van der Waals surface area contributed by atoms with Crippen molar-refractivity contribution in [1.82, 2.24) is 15.2 Å². The third kappa shape index (κ3) is 7.62. The predicted octanol–water partition coefficient (Wildman–Crippen LogP) is 8.27. The minimum atomic E-state index is -2.23. The number of benzene rings is 1. The lowest BCUT2D eigenvalue weighted by molar-refractivity contribution is -0.153. The number of carbonyl (C=O) groups is 3. The maximum Gasteiger partial charge on any atom is 0.408 e. The van der Waals surface area contributed by atoms with E-state index in [1.54, 1.807) is 20.8 Å². The molecule has 0 saturated carbocycles. The molecule has 1 fully saturated rings. The lowest BCUT2D eigenvalue weighted by Gasteiger charge is -2.50. The lowest BCUT2D eigenvalue weighted by Crippen LogP contribution is -2.71. The number of carboxylic acids is 1. The van der Waals surface area contributed by atoms with Crippen molar-refractivity contribution < 1.29 is 33.1 Å². The number of nitrogens with one attached hydrogen (secondary N) is 1. The number of hydrogen-bond acceptors (Lipinski definition) is 8. The maximum atomic E-state index is 13.2. The highest BCUT2D eigenvalue weighted by atomic mass is 32.1. The number of nitrogens with zero attached hydrogens (tertiary/aromatic N) is 2. The summed E-state index contributed by atoms with van der Waals surface area (Å²) in [6.45, 7) is 27.3. The Labute approximate surface area is 285 Å². The van der Waals surface area contributed by atoms with Crippen molar-refractivity contribution in [2.45, 2.75) is 129 Å². The van der Waals surface area contributed by atoms with Crippen LogP contribution >= 0.6 is 11.3 Å². The molecule has 4 rings (SSSR count). The fourth-order valence-electron chi connectivity index (χ4n) is 4.95. The van der Waals surface area contributed by atoms with Crippen molar-refractivity contribution in [3.63, 3.8) is 0 Å². The van der Waals surface area contributed by atoms with E-state index in [-0.39, 0.29) is 15.8 Å². The molecule has 2 amide bonds. The summed E-state index contributed by atoms with van der Waals surface area (Å²) < 4.78 is 18.9. The van der Waals surface area contributed by atoms with E-state index in [0.29, 0.717) is 34.9 Å². The summed E-state index contributed by atoms with van der Waals surface area (Å²) in [6, 6.07) is 4.62. The van der Waals surface area contributed by atoms with Crippen molar-refractivity contribution in [1.29, 1.82) is 0 Å². The van der Waals surface area contributed by atoms with Gasteiger partial charge in [-0.1, -0.05) is 41.5 Å². The number of ether oxygens (including phenoxy) is 1. The van der Waals surface area contributed by atoms with Gasteiger partial charge >= 0.3 is 12.1 Å². The molecule has 13 heteroatoms. The largest absolute Gasteiger partial charge is 0.541 e.